The monoisotopic (exact) mass is 425 g/mol. The quantitative estimate of drug-likeness (QED) is 0.681. The molecule has 3 N–H and O–H groups in total. The largest absolute Gasteiger partial charge is 0.478 e. The minimum absolute atomic E-state index is 0.00179. The van der Waals surface area contributed by atoms with E-state index in [0.29, 0.717) is 25.9 Å². The minimum Gasteiger partial charge on any atom is -0.478 e. The number of piperazine rings is 1. The van der Waals surface area contributed by atoms with Gasteiger partial charge in [0.1, 0.15) is 6.04 Å². The van der Waals surface area contributed by atoms with Gasteiger partial charge < -0.3 is 20.6 Å². The molecule has 0 radical (unpaired) electrons. The van der Waals surface area contributed by atoms with Crippen LogP contribution in [0.4, 0.5) is 0 Å². The predicted octanol–water partition coefficient (Wildman–Crippen LogP) is 0.573. The molecule has 0 spiro atoms. The Balaban J connectivity index is 1.41. The first-order valence-corrected chi connectivity index (χ1v) is 10.7. The molecule has 2 amide bonds. The van der Waals surface area contributed by atoms with Gasteiger partial charge in [0.2, 0.25) is 11.8 Å². The topological polar surface area (TPSA) is 131 Å². The summed E-state index contributed by atoms with van der Waals surface area (Å²) >= 11 is 0. The summed E-state index contributed by atoms with van der Waals surface area (Å²) in [5.74, 6) is -1.24. The van der Waals surface area contributed by atoms with Gasteiger partial charge in [0, 0.05) is 25.7 Å². The fourth-order valence-corrected chi connectivity index (χ4v) is 5.20. The Labute approximate surface area is 181 Å². The van der Waals surface area contributed by atoms with E-state index in [0.717, 1.165) is 12.0 Å². The molecule has 0 unspecified atom stereocenters. The van der Waals surface area contributed by atoms with E-state index in [-0.39, 0.29) is 42.0 Å². The number of carboxylic acid groups (broad SMARTS) is 1. The number of carboxylic acids is 1. The van der Waals surface area contributed by atoms with Gasteiger partial charge in [-0.15, -0.1) is 0 Å². The van der Waals surface area contributed by atoms with Crippen molar-refractivity contribution < 1.29 is 19.5 Å². The zero-order chi connectivity index (χ0) is 22.3. The molecular weight excluding hydrogens is 398 g/mol. The van der Waals surface area contributed by atoms with Crippen molar-refractivity contribution in [2.75, 3.05) is 19.6 Å². The second kappa shape index (κ2) is 8.29. The number of likely N-dealkylation sites (tertiary alicyclic amines) is 3. The fraction of sp³-hybridized carbons (Fsp3) is 0.545. The maximum atomic E-state index is 13.1. The molecule has 0 saturated carbocycles. The van der Waals surface area contributed by atoms with Crippen LogP contribution in [0.2, 0.25) is 0 Å². The van der Waals surface area contributed by atoms with Crippen molar-refractivity contribution in [1.82, 2.24) is 14.7 Å². The summed E-state index contributed by atoms with van der Waals surface area (Å²) in [5, 5.41) is 18.5. The van der Waals surface area contributed by atoms with Crippen LogP contribution in [0.5, 0.6) is 0 Å². The average molecular weight is 425 g/mol. The van der Waals surface area contributed by atoms with Crippen LogP contribution in [-0.2, 0) is 9.59 Å². The van der Waals surface area contributed by atoms with Gasteiger partial charge in [-0.2, -0.15) is 5.26 Å². The third-order valence-electron chi connectivity index (χ3n) is 6.78. The van der Waals surface area contributed by atoms with Crippen LogP contribution >= 0.6 is 0 Å². The number of hydrogen-bond acceptors (Lipinski definition) is 6. The Bertz CT molecular complexity index is 944. The highest BCUT2D eigenvalue weighted by molar-refractivity contribution is 5.88. The second-order valence-electron chi connectivity index (χ2n) is 8.64. The first kappa shape index (κ1) is 21.3. The van der Waals surface area contributed by atoms with Crippen molar-refractivity contribution in [2.24, 2.45) is 5.73 Å². The Morgan fingerprint density at radius 3 is 2.84 bits per heavy atom. The van der Waals surface area contributed by atoms with E-state index < -0.39 is 18.1 Å². The lowest BCUT2D eigenvalue weighted by atomic mass is 10.0. The number of hydrogen-bond donors (Lipinski definition) is 2. The van der Waals surface area contributed by atoms with Gasteiger partial charge in [-0.05, 0) is 43.9 Å². The first-order valence-electron chi connectivity index (χ1n) is 10.7. The van der Waals surface area contributed by atoms with Crippen LogP contribution < -0.4 is 5.73 Å². The summed E-state index contributed by atoms with van der Waals surface area (Å²) < 4.78 is 0. The molecule has 164 valence electrons. The van der Waals surface area contributed by atoms with Crippen molar-refractivity contribution in [3.05, 3.63) is 35.4 Å². The third kappa shape index (κ3) is 3.77. The summed E-state index contributed by atoms with van der Waals surface area (Å²) in [5.41, 5.74) is 7.17. The Hall–Kier alpha value is -2.96. The van der Waals surface area contributed by atoms with Crippen LogP contribution in [0.25, 0.3) is 0 Å². The van der Waals surface area contributed by atoms with Crippen LogP contribution in [0.3, 0.4) is 0 Å². The van der Waals surface area contributed by atoms with Gasteiger partial charge in [-0.1, -0.05) is 12.1 Å². The molecule has 3 fully saturated rings. The van der Waals surface area contributed by atoms with Crippen LogP contribution in [-0.4, -0.2) is 81.4 Å². The van der Waals surface area contributed by atoms with Crippen molar-refractivity contribution in [1.29, 1.82) is 5.26 Å². The van der Waals surface area contributed by atoms with E-state index >= 15 is 0 Å². The maximum Gasteiger partial charge on any atom is 0.335 e. The SMILES string of the molecule is C[C@H](c1cccc(C(=O)O)c1)N1C(=O)[C@@H]2C[C@H]1CN2C[C@H](N)C(=O)N1CCC[C@H]1C#N. The number of carbonyl (C=O) groups excluding carboxylic acids is 2. The number of rotatable bonds is 6. The lowest BCUT2D eigenvalue weighted by Crippen LogP contribution is -2.56. The number of aromatic carboxylic acids is 1. The molecule has 9 heteroatoms. The van der Waals surface area contributed by atoms with E-state index in [4.69, 9.17) is 5.73 Å². The van der Waals surface area contributed by atoms with Gasteiger partial charge in [0.05, 0.1) is 29.8 Å². The van der Waals surface area contributed by atoms with Gasteiger partial charge in [0.15, 0.2) is 0 Å². The van der Waals surface area contributed by atoms with Crippen molar-refractivity contribution in [3.63, 3.8) is 0 Å². The van der Waals surface area contributed by atoms with E-state index in [1.54, 1.807) is 17.0 Å². The fourth-order valence-electron chi connectivity index (χ4n) is 5.20. The lowest BCUT2D eigenvalue weighted by molar-refractivity contribution is -0.140. The number of benzene rings is 1. The minimum atomic E-state index is -0.996. The summed E-state index contributed by atoms with van der Waals surface area (Å²) in [6.07, 6.45) is 2.16. The predicted molar refractivity (Wildman–Crippen MR) is 111 cm³/mol. The highest BCUT2D eigenvalue weighted by Crippen LogP contribution is 2.38. The molecule has 3 heterocycles. The maximum absolute atomic E-state index is 13.1. The van der Waals surface area contributed by atoms with Crippen molar-refractivity contribution >= 4 is 17.8 Å². The Kier molecular flexibility index (Phi) is 5.69. The first-order chi connectivity index (χ1) is 14.8. The molecule has 0 aromatic heterocycles. The Morgan fingerprint density at radius 2 is 2.16 bits per heavy atom. The standard InChI is InChI=1S/C22H27N5O4/c1-13(14-4-2-5-15(8-14)22(30)31)27-17-9-19(21(27)29)25(11-17)12-18(24)20(28)26-7-3-6-16(26)10-23/h2,4-5,8,13,16-19H,3,6-7,9,11-12,24H2,1H3,(H,30,31)/t13-,16+,17+,18+,19+/m1/s1. The smallest absolute Gasteiger partial charge is 0.335 e. The van der Waals surface area contributed by atoms with E-state index in [1.807, 2.05) is 22.8 Å². The number of amides is 2. The number of nitrogens with zero attached hydrogens (tertiary/aromatic N) is 4. The van der Waals surface area contributed by atoms with Gasteiger partial charge in [-0.25, -0.2) is 4.79 Å². The normalized spacial score (nSPS) is 27.4. The molecule has 3 saturated heterocycles. The lowest BCUT2D eigenvalue weighted by Gasteiger charge is -2.38. The highest BCUT2D eigenvalue weighted by atomic mass is 16.4. The average Bonchev–Trinajstić information content (AvgIpc) is 3.47. The molecule has 2 bridgehead atoms. The van der Waals surface area contributed by atoms with Gasteiger partial charge in [0.25, 0.3) is 0 Å². The van der Waals surface area contributed by atoms with Crippen LogP contribution in [0, 0.1) is 11.3 Å². The van der Waals surface area contributed by atoms with E-state index in [2.05, 4.69) is 6.07 Å². The molecule has 5 atom stereocenters. The van der Waals surface area contributed by atoms with E-state index in [1.165, 1.54) is 6.07 Å². The summed E-state index contributed by atoms with van der Waals surface area (Å²) in [7, 11) is 0. The molecule has 1 aromatic rings. The van der Waals surface area contributed by atoms with Gasteiger partial charge in [-0.3, -0.25) is 14.5 Å². The van der Waals surface area contributed by atoms with Crippen molar-refractivity contribution in [2.45, 2.75) is 56.4 Å². The van der Waals surface area contributed by atoms with Gasteiger partial charge >= 0.3 is 5.97 Å². The zero-order valence-corrected chi connectivity index (χ0v) is 17.5. The number of carbonyl (C=O) groups is 3. The summed E-state index contributed by atoms with van der Waals surface area (Å²) in [6, 6.07) is 7.11. The molecule has 31 heavy (non-hydrogen) atoms. The third-order valence-corrected chi connectivity index (χ3v) is 6.78. The number of nitriles is 1. The highest BCUT2D eigenvalue weighted by Gasteiger charge is 2.51. The summed E-state index contributed by atoms with van der Waals surface area (Å²) in [6.45, 7) is 3.38. The summed E-state index contributed by atoms with van der Waals surface area (Å²) in [4.78, 5) is 42.5. The Morgan fingerprint density at radius 1 is 1.39 bits per heavy atom. The molecule has 3 aliphatic heterocycles. The van der Waals surface area contributed by atoms with E-state index in [9.17, 15) is 24.8 Å². The van der Waals surface area contributed by atoms with Crippen LogP contribution in [0.1, 0.15) is 48.1 Å². The van der Waals surface area contributed by atoms with Crippen LogP contribution in [0.15, 0.2) is 24.3 Å². The number of nitrogens with two attached hydrogens (primary N) is 1. The molecule has 1 aromatic carbocycles. The number of fused-ring (bicyclic) bond motifs is 2. The molecular formula is C22H27N5O4. The molecule has 0 aliphatic carbocycles. The molecule has 9 nitrogen and oxygen atoms in total. The zero-order valence-electron chi connectivity index (χ0n) is 17.5. The second-order valence-corrected chi connectivity index (χ2v) is 8.64. The molecule has 4 rings (SSSR count). The molecule has 3 aliphatic rings. The van der Waals surface area contributed by atoms with Crippen molar-refractivity contribution in [3.8, 4) is 6.07 Å².